The Hall–Kier alpha value is -3.28. The molecule has 1 fully saturated rings. The molecule has 0 saturated carbocycles. The summed E-state index contributed by atoms with van der Waals surface area (Å²) in [5.74, 6) is -0.992. The summed E-state index contributed by atoms with van der Waals surface area (Å²) in [4.78, 5) is 53.1. The van der Waals surface area contributed by atoms with Crippen LogP contribution in [0, 0.1) is 5.92 Å². The van der Waals surface area contributed by atoms with E-state index in [2.05, 4.69) is 0 Å². The van der Waals surface area contributed by atoms with E-state index in [0.29, 0.717) is 29.8 Å². The lowest BCUT2D eigenvalue weighted by atomic mass is 9.90. The van der Waals surface area contributed by atoms with E-state index in [0.717, 1.165) is 17.7 Å². The van der Waals surface area contributed by atoms with Gasteiger partial charge in [0.2, 0.25) is 5.91 Å². The normalized spacial score (nSPS) is 18.7. The molecule has 2 aromatic rings. The maximum Gasteiger partial charge on any atom is 0.261 e. The molecule has 0 aliphatic carbocycles. The standard InChI is InChI=1S/C23H22N2O4/c26-20(12-14-25-22(28)18-10-4-5-11-19(18)23(25)29)24-13-6-9-17(15-24)21(27)16-7-2-1-3-8-16/h1-5,7-8,10-11,17H,6,9,12-15H2. The van der Waals surface area contributed by atoms with E-state index in [1.165, 1.54) is 0 Å². The van der Waals surface area contributed by atoms with Crippen molar-refractivity contribution in [3.05, 3.63) is 71.3 Å². The largest absolute Gasteiger partial charge is 0.342 e. The van der Waals surface area contributed by atoms with Gasteiger partial charge in [-0.25, -0.2) is 0 Å². The fraction of sp³-hybridized carbons (Fsp3) is 0.304. The molecule has 0 N–H and O–H groups in total. The molecule has 1 atom stereocenters. The molecule has 1 unspecified atom stereocenters. The van der Waals surface area contributed by atoms with Crippen LogP contribution in [0.15, 0.2) is 54.6 Å². The van der Waals surface area contributed by atoms with Crippen molar-refractivity contribution in [3.8, 4) is 0 Å². The molecular weight excluding hydrogens is 368 g/mol. The fourth-order valence-electron chi connectivity index (χ4n) is 4.06. The molecule has 2 aliphatic rings. The SMILES string of the molecule is O=C(c1ccccc1)C1CCCN(C(=O)CCN2C(=O)c3ccccc3C2=O)C1. The molecule has 0 radical (unpaired) electrons. The zero-order chi connectivity index (χ0) is 20.4. The zero-order valence-corrected chi connectivity index (χ0v) is 16.0. The number of hydrogen-bond donors (Lipinski definition) is 0. The highest BCUT2D eigenvalue weighted by Gasteiger charge is 2.36. The molecule has 0 aromatic heterocycles. The Morgan fingerprint density at radius 2 is 1.52 bits per heavy atom. The second-order valence-electron chi connectivity index (χ2n) is 7.47. The van der Waals surface area contributed by atoms with Crippen molar-refractivity contribution in [1.29, 1.82) is 0 Å². The molecule has 6 heteroatoms. The number of benzene rings is 2. The van der Waals surface area contributed by atoms with Crippen LogP contribution in [0.25, 0.3) is 0 Å². The molecule has 6 nitrogen and oxygen atoms in total. The molecule has 1 saturated heterocycles. The number of ketones is 1. The summed E-state index contributed by atoms with van der Waals surface area (Å²) in [6.45, 7) is 1.03. The van der Waals surface area contributed by atoms with Crippen LogP contribution in [0.1, 0.15) is 50.3 Å². The number of amides is 3. The van der Waals surface area contributed by atoms with Gasteiger partial charge < -0.3 is 4.90 Å². The number of nitrogens with zero attached hydrogens (tertiary/aromatic N) is 2. The van der Waals surface area contributed by atoms with Gasteiger partial charge in [0, 0.05) is 37.5 Å². The second kappa shape index (κ2) is 7.99. The molecule has 148 valence electrons. The van der Waals surface area contributed by atoms with Gasteiger partial charge in [0.1, 0.15) is 0 Å². The van der Waals surface area contributed by atoms with Gasteiger partial charge in [0.15, 0.2) is 5.78 Å². The van der Waals surface area contributed by atoms with Gasteiger partial charge in [0.05, 0.1) is 11.1 Å². The maximum atomic E-state index is 12.7. The van der Waals surface area contributed by atoms with E-state index in [1.54, 1.807) is 41.3 Å². The summed E-state index contributed by atoms with van der Waals surface area (Å²) >= 11 is 0. The van der Waals surface area contributed by atoms with E-state index >= 15 is 0 Å². The average molecular weight is 390 g/mol. The molecular formula is C23H22N2O4. The first-order chi connectivity index (χ1) is 14.1. The Labute approximate surface area is 169 Å². The number of likely N-dealkylation sites (tertiary alicyclic amines) is 1. The summed E-state index contributed by atoms with van der Waals surface area (Å²) in [7, 11) is 0. The topological polar surface area (TPSA) is 74.8 Å². The molecule has 4 rings (SSSR count). The van der Waals surface area contributed by atoms with Crippen LogP contribution in [0.3, 0.4) is 0 Å². The van der Waals surface area contributed by atoms with Crippen LogP contribution in [-0.2, 0) is 4.79 Å². The predicted molar refractivity (Wildman–Crippen MR) is 107 cm³/mol. The van der Waals surface area contributed by atoms with Gasteiger partial charge in [-0.3, -0.25) is 24.1 Å². The Balaban J connectivity index is 1.36. The molecule has 0 spiro atoms. The summed E-state index contributed by atoms with van der Waals surface area (Å²) < 4.78 is 0. The molecule has 0 bridgehead atoms. The molecule has 2 aromatic carbocycles. The Kier molecular flexibility index (Phi) is 5.25. The van der Waals surface area contributed by atoms with Crippen LogP contribution < -0.4 is 0 Å². The monoisotopic (exact) mass is 390 g/mol. The highest BCUT2D eigenvalue weighted by molar-refractivity contribution is 6.21. The minimum absolute atomic E-state index is 0.0545. The summed E-state index contributed by atoms with van der Waals surface area (Å²) in [5, 5.41) is 0. The van der Waals surface area contributed by atoms with E-state index < -0.39 is 0 Å². The summed E-state index contributed by atoms with van der Waals surface area (Å²) in [6.07, 6.45) is 1.59. The third kappa shape index (κ3) is 3.70. The third-order valence-electron chi connectivity index (χ3n) is 5.63. The first kappa shape index (κ1) is 19.1. The van der Waals surface area contributed by atoms with E-state index in [1.807, 2.05) is 18.2 Å². The lowest BCUT2D eigenvalue weighted by molar-refractivity contribution is -0.132. The van der Waals surface area contributed by atoms with E-state index in [9.17, 15) is 19.2 Å². The number of piperidine rings is 1. The fourth-order valence-corrected chi connectivity index (χ4v) is 4.06. The number of Topliss-reactive ketones (excluding diaryl/α,β-unsaturated/α-hetero) is 1. The van der Waals surface area contributed by atoms with Gasteiger partial charge in [-0.15, -0.1) is 0 Å². The van der Waals surface area contributed by atoms with Crippen LogP contribution in [-0.4, -0.2) is 52.9 Å². The summed E-state index contributed by atoms with van der Waals surface area (Å²) in [6, 6.07) is 15.8. The Morgan fingerprint density at radius 1 is 0.897 bits per heavy atom. The number of fused-ring (bicyclic) bond motifs is 1. The van der Waals surface area contributed by atoms with Crippen molar-refractivity contribution in [2.45, 2.75) is 19.3 Å². The number of imide groups is 1. The van der Waals surface area contributed by atoms with E-state index in [-0.39, 0.29) is 42.4 Å². The van der Waals surface area contributed by atoms with Crippen LogP contribution in [0.2, 0.25) is 0 Å². The van der Waals surface area contributed by atoms with Crippen molar-refractivity contribution in [1.82, 2.24) is 9.80 Å². The van der Waals surface area contributed by atoms with Gasteiger partial charge >= 0.3 is 0 Å². The quantitative estimate of drug-likeness (QED) is 0.581. The molecule has 2 aliphatic heterocycles. The van der Waals surface area contributed by atoms with Crippen LogP contribution >= 0.6 is 0 Å². The zero-order valence-electron chi connectivity index (χ0n) is 16.0. The summed E-state index contributed by atoms with van der Waals surface area (Å²) in [5.41, 5.74) is 1.44. The van der Waals surface area contributed by atoms with Gasteiger partial charge in [-0.1, -0.05) is 42.5 Å². The Morgan fingerprint density at radius 3 is 2.17 bits per heavy atom. The maximum absolute atomic E-state index is 12.7. The first-order valence-electron chi connectivity index (χ1n) is 9.88. The van der Waals surface area contributed by atoms with Gasteiger partial charge in [-0.2, -0.15) is 0 Å². The smallest absolute Gasteiger partial charge is 0.261 e. The lowest BCUT2D eigenvalue weighted by Gasteiger charge is -2.32. The van der Waals surface area contributed by atoms with Gasteiger partial charge in [-0.05, 0) is 25.0 Å². The van der Waals surface area contributed by atoms with Gasteiger partial charge in [0.25, 0.3) is 11.8 Å². The Bertz CT molecular complexity index is 935. The van der Waals surface area contributed by atoms with Crippen LogP contribution in [0.5, 0.6) is 0 Å². The first-order valence-corrected chi connectivity index (χ1v) is 9.88. The van der Waals surface area contributed by atoms with Crippen molar-refractivity contribution in [2.24, 2.45) is 5.92 Å². The molecule has 2 heterocycles. The van der Waals surface area contributed by atoms with Crippen LogP contribution in [0.4, 0.5) is 0 Å². The number of rotatable bonds is 5. The number of hydrogen-bond acceptors (Lipinski definition) is 4. The predicted octanol–water partition coefficient (Wildman–Crippen LogP) is 2.79. The van der Waals surface area contributed by atoms with Crippen molar-refractivity contribution < 1.29 is 19.2 Å². The average Bonchev–Trinajstić information content (AvgIpc) is 3.02. The highest BCUT2D eigenvalue weighted by Crippen LogP contribution is 2.24. The molecule has 3 amide bonds. The van der Waals surface area contributed by atoms with Crippen molar-refractivity contribution in [3.63, 3.8) is 0 Å². The van der Waals surface area contributed by atoms with E-state index in [4.69, 9.17) is 0 Å². The highest BCUT2D eigenvalue weighted by atomic mass is 16.2. The van der Waals surface area contributed by atoms with Crippen molar-refractivity contribution >= 4 is 23.5 Å². The minimum Gasteiger partial charge on any atom is -0.342 e. The number of carbonyl (C=O) groups excluding carboxylic acids is 4. The second-order valence-corrected chi connectivity index (χ2v) is 7.47. The van der Waals surface area contributed by atoms with Crippen molar-refractivity contribution in [2.75, 3.05) is 19.6 Å². The third-order valence-corrected chi connectivity index (χ3v) is 5.63. The number of carbonyl (C=O) groups is 4. The minimum atomic E-state index is -0.353. The lowest BCUT2D eigenvalue weighted by Crippen LogP contribution is -2.43. The molecule has 29 heavy (non-hydrogen) atoms.